The van der Waals surface area contributed by atoms with E-state index in [1.807, 2.05) is 0 Å². The molecule has 0 aliphatic carbocycles. The Morgan fingerprint density at radius 2 is 1.83 bits per heavy atom. The average molecular weight is 356 g/mol. The second-order valence-corrected chi connectivity index (χ2v) is 6.00. The molecule has 2 aliphatic heterocycles. The van der Waals surface area contributed by atoms with E-state index in [1.165, 1.54) is 12.8 Å². The van der Waals surface area contributed by atoms with Gasteiger partial charge in [0, 0.05) is 44.6 Å². The number of carbonyl (C=O) groups excluding carboxylic acids is 1. The summed E-state index contributed by atoms with van der Waals surface area (Å²) in [4.78, 5) is 25.1. The molecule has 2 saturated heterocycles. The summed E-state index contributed by atoms with van der Waals surface area (Å²) in [7, 11) is 0. The van der Waals surface area contributed by atoms with Crippen LogP contribution in [0.4, 0.5) is 5.95 Å². The normalized spacial score (nSPS) is 19.6. The molecule has 1 N–H and O–H groups in total. The molecule has 0 bridgehead atoms. The fourth-order valence-electron chi connectivity index (χ4n) is 3.26. The van der Waals surface area contributed by atoms with Crippen LogP contribution in [0.2, 0.25) is 0 Å². The number of esters is 1. The van der Waals surface area contributed by atoms with Crippen LogP contribution < -0.4 is 10.2 Å². The minimum Gasteiger partial charge on any atom is -0.462 e. The van der Waals surface area contributed by atoms with E-state index in [-0.39, 0.29) is 18.4 Å². The van der Waals surface area contributed by atoms with Gasteiger partial charge in [0.2, 0.25) is 5.95 Å². The van der Waals surface area contributed by atoms with Crippen LogP contribution in [0.1, 0.15) is 30.1 Å². The Kier molecular flexibility index (Phi) is 7.20. The quantitative estimate of drug-likeness (QED) is 0.806. The third kappa shape index (κ3) is 4.55. The molecular weight excluding hydrogens is 330 g/mol. The lowest BCUT2D eigenvalue weighted by molar-refractivity contribution is 0.0525. The molecule has 2 fully saturated rings. The molecule has 1 aromatic heterocycles. The van der Waals surface area contributed by atoms with Crippen LogP contribution in [0.3, 0.4) is 0 Å². The van der Waals surface area contributed by atoms with Crippen LogP contribution in [0.5, 0.6) is 0 Å². The predicted octanol–water partition coefficient (Wildman–Crippen LogP) is 0.949. The predicted molar refractivity (Wildman–Crippen MR) is 94.9 cm³/mol. The Hall–Kier alpha value is -1.44. The molecule has 134 valence electrons. The van der Waals surface area contributed by atoms with E-state index in [4.69, 9.17) is 4.74 Å². The first-order chi connectivity index (χ1) is 11.3. The standard InChI is InChI=1S/C16H25N5O2.ClH/c1-2-23-15(22)13-11-18-16(19-12-13)21-9-7-20(8-10-21)14-3-5-17-6-4-14;/h11-12,14,17H,2-10H2,1H3;1H. The molecular formula is C16H26ClN5O2. The monoisotopic (exact) mass is 355 g/mol. The maximum Gasteiger partial charge on any atom is 0.341 e. The second kappa shape index (κ2) is 9.15. The van der Waals surface area contributed by atoms with Crippen molar-refractivity contribution in [3.8, 4) is 0 Å². The van der Waals surface area contributed by atoms with Gasteiger partial charge in [-0.1, -0.05) is 0 Å². The molecule has 0 unspecified atom stereocenters. The Morgan fingerprint density at radius 3 is 2.42 bits per heavy atom. The lowest BCUT2D eigenvalue weighted by Crippen LogP contribution is -2.53. The summed E-state index contributed by atoms with van der Waals surface area (Å²) in [5, 5.41) is 3.42. The number of piperidine rings is 1. The van der Waals surface area contributed by atoms with Gasteiger partial charge < -0.3 is 15.0 Å². The van der Waals surface area contributed by atoms with E-state index in [0.29, 0.717) is 24.2 Å². The summed E-state index contributed by atoms with van der Waals surface area (Å²) >= 11 is 0. The Bertz CT molecular complexity index is 514. The lowest BCUT2D eigenvalue weighted by atomic mass is 10.0. The maximum absolute atomic E-state index is 11.6. The third-order valence-corrected chi connectivity index (χ3v) is 4.57. The highest BCUT2D eigenvalue weighted by molar-refractivity contribution is 5.88. The fourth-order valence-corrected chi connectivity index (χ4v) is 3.26. The number of nitrogens with one attached hydrogen (secondary N) is 1. The first-order valence-corrected chi connectivity index (χ1v) is 8.47. The molecule has 0 atom stereocenters. The van der Waals surface area contributed by atoms with Crippen LogP contribution in [-0.4, -0.2) is 72.8 Å². The number of nitrogens with zero attached hydrogens (tertiary/aromatic N) is 4. The molecule has 0 spiro atoms. The van der Waals surface area contributed by atoms with Crippen molar-refractivity contribution < 1.29 is 9.53 Å². The van der Waals surface area contributed by atoms with Gasteiger partial charge in [0.05, 0.1) is 12.2 Å². The van der Waals surface area contributed by atoms with Crippen molar-refractivity contribution >= 4 is 24.3 Å². The molecule has 0 radical (unpaired) electrons. The van der Waals surface area contributed by atoms with Crippen molar-refractivity contribution in [2.24, 2.45) is 0 Å². The van der Waals surface area contributed by atoms with Crippen LogP contribution in [0.15, 0.2) is 12.4 Å². The fraction of sp³-hybridized carbons (Fsp3) is 0.688. The highest BCUT2D eigenvalue weighted by atomic mass is 35.5. The first-order valence-electron chi connectivity index (χ1n) is 8.47. The number of rotatable bonds is 4. The number of anilines is 1. The molecule has 2 aliphatic rings. The Labute approximate surface area is 149 Å². The zero-order chi connectivity index (χ0) is 16.1. The minimum atomic E-state index is -0.366. The van der Waals surface area contributed by atoms with Gasteiger partial charge >= 0.3 is 5.97 Å². The SMILES string of the molecule is CCOC(=O)c1cnc(N2CCN(C3CCNCC3)CC2)nc1.Cl. The van der Waals surface area contributed by atoms with Gasteiger partial charge in [-0.3, -0.25) is 4.90 Å². The Morgan fingerprint density at radius 1 is 1.21 bits per heavy atom. The van der Waals surface area contributed by atoms with Gasteiger partial charge in [0.25, 0.3) is 0 Å². The Balaban J connectivity index is 0.00000208. The maximum atomic E-state index is 11.6. The highest BCUT2D eigenvalue weighted by Crippen LogP contribution is 2.17. The van der Waals surface area contributed by atoms with Gasteiger partial charge in [-0.2, -0.15) is 0 Å². The summed E-state index contributed by atoms with van der Waals surface area (Å²) in [5.41, 5.74) is 0.406. The van der Waals surface area contributed by atoms with Crippen molar-refractivity contribution in [3.05, 3.63) is 18.0 Å². The number of piperazine rings is 1. The highest BCUT2D eigenvalue weighted by Gasteiger charge is 2.26. The van der Waals surface area contributed by atoms with Crippen molar-refractivity contribution in [2.75, 3.05) is 50.8 Å². The molecule has 7 nitrogen and oxygen atoms in total. The largest absolute Gasteiger partial charge is 0.462 e. The summed E-state index contributed by atoms with van der Waals surface area (Å²) < 4.78 is 4.95. The van der Waals surface area contributed by atoms with Crippen LogP contribution >= 0.6 is 12.4 Å². The number of carbonyl (C=O) groups is 1. The zero-order valence-electron chi connectivity index (χ0n) is 14.1. The molecule has 0 amide bonds. The number of hydrogen-bond acceptors (Lipinski definition) is 7. The topological polar surface area (TPSA) is 70.6 Å². The van der Waals surface area contributed by atoms with Gasteiger partial charge in [0.1, 0.15) is 0 Å². The molecule has 0 aromatic carbocycles. The van der Waals surface area contributed by atoms with Gasteiger partial charge in [-0.05, 0) is 32.9 Å². The first kappa shape index (κ1) is 18.9. The summed E-state index contributed by atoms with van der Waals surface area (Å²) in [5.74, 6) is 0.331. The number of aromatic nitrogens is 2. The summed E-state index contributed by atoms with van der Waals surface area (Å²) in [6.07, 6.45) is 5.59. The molecule has 8 heteroatoms. The van der Waals surface area contributed by atoms with E-state index in [0.717, 1.165) is 39.3 Å². The van der Waals surface area contributed by atoms with E-state index in [9.17, 15) is 4.79 Å². The molecule has 24 heavy (non-hydrogen) atoms. The third-order valence-electron chi connectivity index (χ3n) is 4.57. The number of ether oxygens (including phenoxy) is 1. The van der Waals surface area contributed by atoms with Crippen LogP contribution in [-0.2, 0) is 4.74 Å². The minimum absolute atomic E-state index is 0. The van der Waals surface area contributed by atoms with Gasteiger partial charge in [-0.15, -0.1) is 12.4 Å². The van der Waals surface area contributed by atoms with E-state index in [2.05, 4.69) is 25.1 Å². The smallest absolute Gasteiger partial charge is 0.341 e. The van der Waals surface area contributed by atoms with Gasteiger partial charge in [0.15, 0.2) is 0 Å². The van der Waals surface area contributed by atoms with E-state index < -0.39 is 0 Å². The average Bonchev–Trinajstić information content (AvgIpc) is 2.63. The van der Waals surface area contributed by atoms with Crippen molar-refractivity contribution in [1.82, 2.24) is 20.2 Å². The van der Waals surface area contributed by atoms with E-state index >= 15 is 0 Å². The van der Waals surface area contributed by atoms with Crippen molar-refractivity contribution in [1.29, 1.82) is 0 Å². The van der Waals surface area contributed by atoms with Crippen LogP contribution in [0, 0.1) is 0 Å². The number of halogens is 1. The number of hydrogen-bond donors (Lipinski definition) is 1. The van der Waals surface area contributed by atoms with Crippen molar-refractivity contribution in [3.63, 3.8) is 0 Å². The van der Waals surface area contributed by atoms with Gasteiger partial charge in [-0.25, -0.2) is 14.8 Å². The summed E-state index contributed by atoms with van der Waals surface area (Å²) in [6.45, 7) is 8.37. The summed E-state index contributed by atoms with van der Waals surface area (Å²) in [6, 6.07) is 0.713. The lowest BCUT2D eigenvalue weighted by Gasteiger charge is -2.40. The molecule has 3 heterocycles. The van der Waals surface area contributed by atoms with Crippen molar-refractivity contribution in [2.45, 2.75) is 25.8 Å². The van der Waals surface area contributed by atoms with E-state index in [1.54, 1.807) is 19.3 Å². The van der Waals surface area contributed by atoms with Crippen LogP contribution in [0.25, 0.3) is 0 Å². The zero-order valence-corrected chi connectivity index (χ0v) is 14.9. The molecule has 1 aromatic rings. The molecule has 3 rings (SSSR count). The second-order valence-electron chi connectivity index (χ2n) is 6.00. The molecule has 0 saturated carbocycles.